The Hall–Kier alpha value is -3.61. The van der Waals surface area contributed by atoms with Crippen LogP contribution in [0.4, 0.5) is 5.69 Å². The van der Waals surface area contributed by atoms with Gasteiger partial charge in [-0.25, -0.2) is 14.9 Å². The van der Waals surface area contributed by atoms with E-state index in [9.17, 15) is 14.4 Å². The lowest BCUT2D eigenvalue weighted by molar-refractivity contribution is 0.0790. The van der Waals surface area contributed by atoms with Gasteiger partial charge in [-0.3, -0.25) is 14.4 Å². The number of amides is 3. The highest BCUT2D eigenvalue weighted by atomic mass is 16.2. The second-order valence-corrected chi connectivity index (χ2v) is 5.57. The smallest absolute Gasteiger partial charge is 0.284 e. The first kappa shape index (κ1) is 17.2. The van der Waals surface area contributed by atoms with Crippen molar-refractivity contribution in [2.45, 2.75) is 0 Å². The molecule has 2 aromatic rings. The highest BCUT2D eigenvalue weighted by molar-refractivity contribution is 6.33. The number of fused-ring (bicyclic) bond motifs is 1. The van der Waals surface area contributed by atoms with Crippen LogP contribution in [0.15, 0.2) is 62.1 Å². The zero-order chi connectivity index (χ0) is 18.7. The normalized spacial score (nSPS) is 12.7. The zero-order valence-electron chi connectivity index (χ0n) is 14.0. The minimum atomic E-state index is -0.508. The summed E-state index contributed by atoms with van der Waals surface area (Å²) in [6.07, 6.45) is 5.82. The number of carbonyl (C=O) groups excluding carboxylic acids is 3. The van der Waals surface area contributed by atoms with Gasteiger partial charge >= 0.3 is 0 Å². The van der Waals surface area contributed by atoms with Crippen molar-refractivity contribution in [3.63, 3.8) is 0 Å². The number of nitrogens with zero attached hydrogens (tertiary/aromatic N) is 4. The molecule has 26 heavy (non-hydrogen) atoms. The molecule has 3 rings (SSSR count). The highest BCUT2D eigenvalue weighted by Gasteiger charge is 2.38. The molecule has 0 unspecified atom stereocenters. The summed E-state index contributed by atoms with van der Waals surface area (Å²) < 4.78 is 0. The van der Waals surface area contributed by atoms with Crippen molar-refractivity contribution in [2.24, 2.45) is 0 Å². The maximum Gasteiger partial charge on any atom is 0.284 e. The van der Waals surface area contributed by atoms with E-state index < -0.39 is 11.8 Å². The van der Waals surface area contributed by atoms with Crippen molar-refractivity contribution in [1.82, 2.24) is 14.9 Å². The summed E-state index contributed by atoms with van der Waals surface area (Å²) in [5.41, 5.74) is 1.05. The highest BCUT2D eigenvalue weighted by Crippen LogP contribution is 2.26. The van der Waals surface area contributed by atoms with Crippen LogP contribution >= 0.6 is 0 Å². The fourth-order valence-electron chi connectivity index (χ4n) is 2.70. The number of anilines is 1. The quantitative estimate of drug-likeness (QED) is 0.590. The monoisotopic (exact) mass is 348 g/mol. The fourth-order valence-corrected chi connectivity index (χ4v) is 2.70. The summed E-state index contributed by atoms with van der Waals surface area (Å²) in [4.78, 5) is 47.6. The van der Waals surface area contributed by atoms with Crippen LogP contribution in [0.3, 0.4) is 0 Å². The second kappa shape index (κ2) is 7.10. The predicted octanol–water partition coefficient (Wildman–Crippen LogP) is 2.09. The van der Waals surface area contributed by atoms with Crippen LogP contribution in [0.25, 0.3) is 0 Å². The number of aromatic nitrogens is 2. The van der Waals surface area contributed by atoms with Crippen molar-refractivity contribution in [2.75, 3.05) is 18.0 Å². The Morgan fingerprint density at radius 1 is 1.08 bits per heavy atom. The molecule has 0 atom stereocenters. The largest absolute Gasteiger partial charge is 0.331 e. The molecule has 0 aliphatic carbocycles. The van der Waals surface area contributed by atoms with Gasteiger partial charge in [-0.2, -0.15) is 0 Å². The third kappa shape index (κ3) is 2.90. The van der Waals surface area contributed by atoms with E-state index in [2.05, 4.69) is 23.1 Å². The van der Waals surface area contributed by atoms with Crippen LogP contribution in [0.1, 0.15) is 31.2 Å². The SMILES string of the molecule is C=CCN(CC=C)C(=O)c1ccc(N2C(=O)c3cncnc3C2=O)cc1. The summed E-state index contributed by atoms with van der Waals surface area (Å²) in [6, 6.07) is 6.27. The number of hydrogen-bond acceptors (Lipinski definition) is 5. The molecule has 3 amide bonds. The number of benzene rings is 1. The molecule has 0 saturated carbocycles. The Morgan fingerprint density at radius 3 is 2.31 bits per heavy atom. The lowest BCUT2D eigenvalue weighted by Crippen LogP contribution is -2.32. The Balaban J connectivity index is 1.86. The van der Waals surface area contributed by atoms with Crippen LogP contribution in [0.2, 0.25) is 0 Å². The summed E-state index contributed by atoms with van der Waals surface area (Å²) in [6.45, 7) is 8.07. The lowest BCUT2D eigenvalue weighted by Gasteiger charge is -2.20. The molecule has 1 aliphatic heterocycles. The van der Waals surface area contributed by atoms with Crippen molar-refractivity contribution in [1.29, 1.82) is 0 Å². The molecule has 7 nitrogen and oxygen atoms in total. The standard InChI is InChI=1S/C19H16N4O3/c1-3-9-22(10-4-2)17(24)13-5-7-14(8-6-13)23-18(25)15-11-20-12-21-16(15)19(23)26/h3-8,11-12H,1-2,9-10H2. The van der Waals surface area contributed by atoms with Gasteiger partial charge in [0, 0.05) is 24.8 Å². The van der Waals surface area contributed by atoms with Gasteiger partial charge in [0.25, 0.3) is 17.7 Å². The van der Waals surface area contributed by atoms with Gasteiger partial charge in [-0.15, -0.1) is 13.2 Å². The van der Waals surface area contributed by atoms with E-state index in [1.54, 1.807) is 41.3 Å². The van der Waals surface area contributed by atoms with Gasteiger partial charge < -0.3 is 4.90 Å². The maximum atomic E-state index is 12.5. The van der Waals surface area contributed by atoms with Crippen molar-refractivity contribution in [3.8, 4) is 0 Å². The minimum absolute atomic E-state index is 0.0771. The van der Waals surface area contributed by atoms with Crippen LogP contribution in [0.5, 0.6) is 0 Å². The average Bonchev–Trinajstić information content (AvgIpc) is 2.92. The molecular formula is C19H16N4O3. The van der Waals surface area contributed by atoms with E-state index in [1.165, 1.54) is 12.5 Å². The second-order valence-electron chi connectivity index (χ2n) is 5.57. The molecule has 0 spiro atoms. The molecule has 1 aromatic carbocycles. The van der Waals surface area contributed by atoms with Crippen LogP contribution < -0.4 is 4.90 Å². The van der Waals surface area contributed by atoms with Gasteiger partial charge in [0.05, 0.1) is 11.3 Å². The Bertz CT molecular complexity index is 860. The molecule has 130 valence electrons. The molecule has 0 fully saturated rings. The first-order chi connectivity index (χ1) is 12.6. The zero-order valence-corrected chi connectivity index (χ0v) is 14.0. The van der Waals surface area contributed by atoms with Crippen molar-refractivity contribution in [3.05, 3.63) is 78.9 Å². The molecule has 1 aromatic heterocycles. The number of rotatable bonds is 6. The summed E-state index contributed by atoms with van der Waals surface area (Å²) in [5, 5.41) is 0. The maximum absolute atomic E-state index is 12.5. The number of hydrogen-bond donors (Lipinski definition) is 0. The van der Waals surface area contributed by atoms with Gasteiger partial charge in [-0.05, 0) is 24.3 Å². The van der Waals surface area contributed by atoms with E-state index in [1.807, 2.05) is 0 Å². The van der Waals surface area contributed by atoms with Crippen LogP contribution in [0, 0.1) is 0 Å². The molecule has 0 bridgehead atoms. The lowest BCUT2D eigenvalue weighted by atomic mass is 10.1. The van der Waals surface area contributed by atoms with E-state index >= 15 is 0 Å². The fraction of sp³-hybridized carbons (Fsp3) is 0.105. The average molecular weight is 348 g/mol. The van der Waals surface area contributed by atoms with Crippen LogP contribution in [-0.2, 0) is 0 Å². The van der Waals surface area contributed by atoms with E-state index in [-0.39, 0.29) is 17.2 Å². The van der Waals surface area contributed by atoms with Crippen molar-refractivity contribution < 1.29 is 14.4 Å². The third-order valence-electron chi connectivity index (χ3n) is 3.91. The minimum Gasteiger partial charge on any atom is -0.331 e. The van der Waals surface area contributed by atoms with Gasteiger partial charge in [0.1, 0.15) is 12.0 Å². The van der Waals surface area contributed by atoms with Gasteiger partial charge in [0.15, 0.2) is 0 Å². The van der Waals surface area contributed by atoms with E-state index in [0.717, 1.165) is 4.90 Å². The molecule has 2 heterocycles. The van der Waals surface area contributed by atoms with Crippen LogP contribution in [-0.4, -0.2) is 45.7 Å². The van der Waals surface area contributed by atoms with Crippen molar-refractivity contribution >= 4 is 23.4 Å². The third-order valence-corrected chi connectivity index (χ3v) is 3.91. The molecular weight excluding hydrogens is 332 g/mol. The van der Waals surface area contributed by atoms with Gasteiger partial charge in [-0.1, -0.05) is 12.2 Å². The Morgan fingerprint density at radius 2 is 1.73 bits per heavy atom. The molecule has 0 N–H and O–H groups in total. The first-order valence-corrected chi connectivity index (χ1v) is 7.88. The number of imide groups is 1. The molecule has 0 saturated heterocycles. The molecule has 0 radical (unpaired) electrons. The van der Waals surface area contributed by atoms with E-state index in [4.69, 9.17) is 0 Å². The Labute approximate surface area is 150 Å². The first-order valence-electron chi connectivity index (χ1n) is 7.88. The molecule has 1 aliphatic rings. The summed E-state index contributed by atoms with van der Waals surface area (Å²) >= 11 is 0. The Kier molecular flexibility index (Phi) is 4.70. The predicted molar refractivity (Wildman–Crippen MR) is 95.9 cm³/mol. The van der Waals surface area contributed by atoms with Gasteiger partial charge in [0.2, 0.25) is 0 Å². The van der Waals surface area contributed by atoms with E-state index in [0.29, 0.717) is 24.3 Å². The number of carbonyl (C=O) groups is 3. The topological polar surface area (TPSA) is 83.5 Å². The molecule has 7 heteroatoms. The summed E-state index contributed by atoms with van der Waals surface area (Å²) in [7, 11) is 0. The summed E-state index contributed by atoms with van der Waals surface area (Å²) in [5.74, 6) is -1.18.